The first kappa shape index (κ1) is 31.2. The lowest BCUT2D eigenvalue weighted by atomic mass is 9.82. The molecule has 0 amide bonds. The number of carbonyl (C=O) groups is 1. The summed E-state index contributed by atoms with van der Waals surface area (Å²) in [5, 5.41) is 17.3. The molecular formula is C32H44ClN5O3. The van der Waals surface area contributed by atoms with Crippen LogP contribution >= 0.6 is 11.6 Å². The Hall–Kier alpha value is -2.73. The fourth-order valence-electron chi connectivity index (χ4n) is 5.75. The minimum Gasteiger partial charge on any atom is -0.460 e. The number of pyridine rings is 2. The maximum atomic E-state index is 12.2. The molecule has 2 N–H and O–H groups in total. The third-order valence-electron chi connectivity index (χ3n) is 7.99. The number of nitrogens with zero attached hydrogens (tertiary/aromatic N) is 3. The van der Waals surface area contributed by atoms with E-state index in [1.807, 2.05) is 39.0 Å². The van der Waals surface area contributed by atoms with Crippen LogP contribution in [0.3, 0.4) is 0 Å². The van der Waals surface area contributed by atoms with Gasteiger partial charge in [-0.15, -0.1) is 0 Å². The highest BCUT2D eigenvalue weighted by molar-refractivity contribution is 6.33. The SMILES string of the molecule is CC(CC(=O)OC(C)(C)C)NC1CCC(Cc2cc(-c3cccc(NCC4(C#N)CCOCC4)n3)c(Cl)cn2)CC1. The van der Waals surface area contributed by atoms with E-state index >= 15 is 0 Å². The van der Waals surface area contributed by atoms with Crippen LogP contribution in [0.5, 0.6) is 0 Å². The van der Waals surface area contributed by atoms with Crippen molar-refractivity contribution in [1.82, 2.24) is 15.3 Å². The Morgan fingerprint density at radius 3 is 2.66 bits per heavy atom. The largest absolute Gasteiger partial charge is 0.460 e. The third-order valence-corrected chi connectivity index (χ3v) is 8.29. The second-order valence-electron chi connectivity index (χ2n) is 12.7. The van der Waals surface area contributed by atoms with Gasteiger partial charge in [-0.1, -0.05) is 17.7 Å². The van der Waals surface area contributed by atoms with Gasteiger partial charge in [0.15, 0.2) is 0 Å². The van der Waals surface area contributed by atoms with E-state index in [-0.39, 0.29) is 12.0 Å². The van der Waals surface area contributed by atoms with Crippen LogP contribution in [-0.4, -0.2) is 53.4 Å². The van der Waals surface area contributed by atoms with Gasteiger partial charge in [0.2, 0.25) is 0 Å². The molecule has 8 nitrogen and oxygen atoms in total. The second-order valence-corrected chi connectivity index (χ2v) is 13.1. The van der Waals surface area contributed by atoms with Gasteiger partial charge in [0.05, 0.1) is 28.6 Å². The number of anilines is 1. The lowest BCUT2D eigenvalue weighted by Gasteiger charge is -2.31. The number of rotatable bonds is 10. The number of ether oxygens (including phenoxy) is 2. The molecule has 3 heterocycles. The summed E-state index contributed by atoms with van der Waals surface area (Å²) in [7, 11) is 0. The van der Waals surface area contributed by atoms with Crippen LogP contribution in [-0.2, 0) is 20.7 Å². The van der Waals surface area contributed by atoms with E-state index in [1.54, 1.807) is 6.20 Å². The molecule has 2 aromatic rings. The zero-order valence-electron chi connectivity index (χ0n) is 24.8. The summed E-state index contributed by atoms with van der Waals surface area (Å²) in [6.07, 6.45) is 8.83. The molecule has 4 rings (SSSR count). The predicted octanol–water partition coefficient (Wildman–Crippen LogP) is 6.34. The van der Waals surface area contributed by atoms with E-state index < -0.39 is 11.0 Å². The van der Waals surface area contributed by atoms with E-state index in [4.69, 9.17) is 26.1 Å². The summed E-state index contributed by atoms with van der Waals surface area (Å²) in [5.41, 5.74) is 1.79. The van der Waals surface area contributed by atoms with Crippen LogP contribution < -0.4 is 10.6 Å². The van der Waals surface area contributed by atoms with Crippen LogP contribution in [0.15, 0.2) is 30.5 Å². The number of carbonyl (C=O) groups excluding carboxylic acids is 1. The monoisotopic (exact) mass is 581 g/mol. The van der Waals surface area contributed by atoms with Crippen LogP contribution in [0.4, 0.5) is 5.82 Å². The molecule has 1 atom stereocenters. The van der Waals surface area contributed by atoms with Gasteiger partial charge in [-0.25, -0.2) is 4.98 Å². The minimum atomic E-state index is -0.452. The minimum absolute atomic E-state index is 0.0896. The number of halogens is 1. The maximum absolute atomic E-state index is 12.2. The highest BCUT2D eigenvalue weighted by Gasteiger charge is 2.32. The summed E-state index contributed by atoms with van der Waals surface area (Å²) < 4.78 is 10.9. The Kier molecular flexibility index (Phi) is 10.6. The Bertz CT molecular complexity index is 1210. The van der Waals surface area contributed by atoms with Crippen molar-refractivity contribution < 1.29 is 14.3 Å². The number of nitrogens with one attached hydrogen (secondary N) is 2. The maximum Gasteiger partial charge on any atom is 0.307 e. The number of hydrogen-bond acceptors (Lipinski definition) is 8. The lowest BCUT2D eigenvalue weighted by molar-refractivity contribution is -0.155. The zero-order chi connectivity index (χ0) is 29.5. The van der Waals surface area contributed by atoms with E-state index in [0.29, 0.717) is 43.2 Å². The molecule has 0 bridgehead atoms. The first-order valence-electron chi connectivity index (χ1n) is 14.9. The zero-order valence-corrected chi connectivity index (χ0v) is 25.6. The topological polar surface area (TPSA) is 109 Å². The molecule has 0 radical (unpaired) electrons. The molecule has 222 valence electrons. The van der Waals surface area contributed by atoms with Gasteiger partial charge >= 0.3 is 5.97 Å². The van der Waals surface area contributed by atoms with Crippen LogP contribution in [0.1, 0.15) is 78.3 Å². The van der Waals surface area contributed by atoms with E-state index in [2.05, 4.69) is 34.7 Å². The highest BCUT2D eigenvalue weighted by Crippen LogP contribution is 2.33. The van der Waals surface area contributed by atoms with Crippen molar-refractivity contribution in [2.75, 3.05) is 25.1 Å². The standard InChI is InChI=1S/C32H44ClN5O3/c1-22(16-30(39)41-31(2,3)4)37-24-10-8-23(9-11-24)17-25-18-26(27(33)19-35-25)28-6-5-7-29(38-28)36-21-32(20-34)12-14-40-15-13-32/h5-7,18-19,22-24,37H,8-17,21H2,1-4H3,(H,36,38). The second kappa shape index (κ2) is 14.0. The molecule has 2 aliphatic rings. The number of esters is 1. The van der Waals surface area contributed by atoms with Gasteiger partial charge in [0, 0.05) is 49.3 Å². The smallest absolute Gasteiger partial charge is 0.307 e. The van der Waals surface area contributed by atoms with Crippen molar-refractivity contribution in [2.45, 2.75) is 96.7 Å². The van der Waals surface area contributed by atoms with Gasteiger partial charge in [0.1, 0.15) is 11.4 Å². The molecule has 1 saturated heterocycles. The molecule has 2 fully saturated rings. The Labute approximate surface area is 249 Å². The van der Waals surface area contributed by atoms with Crippen molar-refractivity contribution in [3.8, 4) is 17.3 Å². The van der Waals surface area contributed by atoms with Crippen molar-refractivity contribution in [3.63, 3.8) is 0 Å². The highest BCUT2D eigenvalue weighted by atomic mass is 35.5. The summed E-state index contributed by atoms with van der Waals surface area (Å²) in [5.74, 6) is 1.13. The molecule has 2 aromatic heterocycles. The van der Waals surface area contributed by atoms with Gasteiger partial charge in [-0.3, -0.25) is 9.78 Å². The Balaban J connectivity index is 1.30. The van der Waals surface area contributed by atoms with Gasteiger partial charge in [-0.05, 0) is 96.8 Å². The van der Waals surface area contributed by atoms with Crippen molar-refractivity contribution >= 4 is 23.4 Å². The molecule has 1 aliphatic heterocycles. The molecule has 1 aliphatic carbocycles. The van der Waals surface area contributed by atoms with Gasteiger partial charge in [0.25, 0.3) is 0 Å². The normalized spacial score (nSPS) is 21.5. The molecule has 1 unspecified atom stereocenters. The summed E-state index contributed by atoms with van der Waals surface area (Å²) in [6, 6.07) is 10.9. The Morgan fingerprint density at radius 1 is 1.24 bits per heavy atom. The molecule has 0 aromatic carbocycles. The fraction of sp³-hybridized carbons (Fsp3) is 0.625. The first-order valence-corrected chi connectivity index (χ1v) is 15.2. The van der Waals surface area contributed by atoms with Gasteiger partial charge < -0.3 is 20.1 Å². The number of hydrogen-bond donors (Lipinski definition) is 2. The summed E-state index contributed by atoms with van der Waals surface area (Å²) >= 11 is 6.59. The van der Waals surface area contributed by atoms with E-state index in [0.717, 1.165) is 67.7 Å². The lowest BCUT2D eigenvalue weighted by Crippen LogP contribution is -2.41. The fourth-order valence-corrected chi connectivity index (χ4v) is 5.95. The molecule has 9 heteroatoms. The molecule has 1 saturated carbocycles. The van der Waals surface area contributed by atoms with Crippen molar-refractivity contribution in [3.05, 3.63) is 41.2 Å². The average Bonchev–Trinajstić information content (AvgIpc) is 2.93. The van der Waals surface area contributed by atoms with Crippen molar-refractivity contribution in [1.29, 1.82) is 5.26 Å². The predicted molar refractivity (Wildman–Crippen MR) is 162 cm³/mol. The Morgan fingerprint density at radius 2 is 1.98 bits per heavy atom. The third kappa shape index (κ3) is 9.39. The summed E-state index contributed by atoms with van der Waals surface area (Å²) in [6.45, 7) is 9.51. The quantitative estimate of drug-likeness (QED) is 0.313. The van der Waals surface area contributed by atoms with Crippen LogP contribution in [0.25, 0.3) is 11.3 Å². The van der Waals surface area contributed by atoms with E-state index in [9.17, 15) is 10.1 Å². The number of nitriles is 1. The first-order chi connectivity index (χ1) is 19.5. The molecule has 41 heavy (non-hydrogen) atoms. The van der Waals surface area contributed by atoms with E-state index in [1.165, 1.54) is 0 Å². The average molecular weight is 582 g/mol. The van der Waals surface area contributed by atoms with Crippen LogP contribution in [0, 0.1) is 22.7 Å². The van der Waals surface area contributed by atoms with Gasteiger partial charge in [-0.2, -0.15) is 5.26 Å². The molecule has 0 spiro atoms. The van der Waals surface area contributed by atoms with Crippen LogP contribution in [0.2, 0.25) is 5.02 Å². The molecular weight excluding hydrogens is 538 g/mol. The summed E-state index contributed by atoms with van der Waals surface area (Å²) in [4.78, 5) is 21.6. The number of aromatic nitrogens is 2. The van der Waals surface area contributed by atoms with Crippen molar-refractivity contribution in [2.24, 2.45) is 11.3 Å².